The summed E-state index contributed by atoms with van der Waals surface area (Å²) in [5, 5.41) is 17.5. The lowest BCUT2D eigenvalue weighted by atomic mass is 9.80. The molecule has 0 aliphatic heterocycles. The largest absolute Gasteiger partial charge is 0.493 e. The zero-order valence-corrected chi connectivity index (χ0v) is 8.45. The molecule has 0 aromatic carbocycles. The van der Waals surface area contributed by atoms with Crippen molar-refractivity contribution < 1.29 is 14.4 Å². The molecule has 5 heteroatoms. The summed E-state index contributed by atoms with van der Waals surface area (Å²) in [7, 11) is -1.81. The highest BCUT2D eigenvalue weighted by Crippen LogP contribution is 2.18. The fourth-order valence-corrected chi connectivity index (χ4v) is 1.06. The van der Waals surface area contributed by atoms with Crippen LogP contribution in [0.4, 0.5) is 4.39 Å². The van der Waals surface area contributed by atoms with Crippen LogP contribution in [0.2, 0.25) is 0 Å². The molecule has 0 bridgehead atoms. The van der Waals surface area contributed by atoms with E-state index in [1.165, 1.54) is 6.07 Å². The first-order chi connectivity index (χ1) is 6.32. The summed E-state index contributed by atoms with van der Waals surface area (Å²) in [6.07, 6.45) is 0. The molecule has 3 nitrogen and oxygen atoms in total. The maximum atomic E-state index is 13.2. The van der Waals surface area contributed by atoms with Crippen LogP contribution < -0.4 is 5.46 Å². The van der Waals surface area contributed by atoms with Gasteiger partial charge in [0.2, 0.25) is 5.95 Å². The Bertz CT molecular complexity index is 336. The number of nitrogens with zero attached hydrogens (tertiary/aromatic N) is 1. The van der Waals surface area contributed by atoms with Gasteiger partial charge in [-0.3, -0.25) is 0 Å². The highest BCUT2D eigenvalue weighted by Gasteiger charge is 2.21. The molecule has 2 N–H and O–H groups in total. The molecule has 1 aromatic heterocycles. The summed E-state index contributed by atoms with van der Waals surface area (Å²) < 4.78 is 13.2. The normalized spacial score (nSPS) is 11.6. The number of aromatic nitrogens is 1. The van der Waals surface area contributed by atoms with Crippen LogP contribution in [0.1, 0.15) is 26.5 Å². The lowest BCUT2D eigenvalue weighted by molar-refractivity contribution is 0.421. The summed E-state index contributed by atoms with van der Waals surface area (Å²) in [6, 6.07) is 2.94. The van der Waals surface area contributed by atoms with Gasteiger partial charge >= 0.3 is 7.12 Å². The molecule has 0 fully saturated rings. The van der Waals surface area contributed by atoms with Crippen LogP contribution in [0.3, 0.4) is 0 Å². The zero-order valence-electron chi connectivity index (χ0n) is 8.45. The minimum Gasteiger partial charge on any atom is -0.423 e. The summed E-state index contributed by atoms with van der Waals surface area (Å²) in [6.45, 7) is 5.72. The van der Waals surface area contributed by atoms with E-state index in [1.54, 1.807) is 6.07 Å². The second-order valence-corrected chi connectivity index (χ2v) is 4.20. The topological polar surface area (TPSA) is 53.4 Å². The first-order valence-corrected chi connectivity index (χ1v) is 4.35. The molecular formula is C9H13BFNO2. The van der Waals surface area contributed by atoms with Crippen LogP contribution in [-0.2, 0) is 5.41 Å². The lowest BCUT2D eigenvalue weighted by Crippen LogP contribution is -2.34. The Morgan fingerprint density at radius 2 is 1.86 bits per heavy atom. The molecule has 0 aliphatic carbocycles. The molecular weight excluding hydrogens is 184 g/mol. The highest BCUT2D eigenvalue weighted by atomic mass is 19.1. The van der Waals surface area contributed by atoms with Crippen molar-refractivity contribution >= 4 is 12.6 Å². The van der Waals surface area contributed by atoms with E-state index in [2.05, 4.69) is 4.98 Å². The fraction of sp³-hybridized carbons (Fsp3) is 0.444. The molecule has 1 heterocycles. The first-order valence-electron chi connectivity index (χ1n) is 4.35. The van der Waals surface area contributed by atoms with Crippen molar-refractivity contribution in [2.75, 3.05) is 0 Å². The molecule has 0 unspecified atom stereocenters. The van der Waals surface area contributed by atoms with Crippen LogP contribution in [-0.4, -0.2) is 22.2 Å². The van der Waals surface area contributed by atoms with Crippen LogP contribution in [0, 0.1) is 5.95 Å². The predicted molar refractivity (Wildman–Crippen MR) is 52.7 cm³/mol. The lowest BCUT2D eigenvalue weighted by Gasteiger charge is -2.17. The second-order valence-electron chi connectivity index (χ2n) is 4.20. The van der Waals surface area contributed by atoms with Gasteiger partial charge in [-0.25, -0.2) is 4.98 Å². The van der Waals surface area contributed by atoms with Gasteiger partial charge in [0.15, 0.2) is 0 Å². The van der Waals surface area contributed by atoms with Crippen molar-refractivity contribution in [1.82, 2.24) is 4.98 Å². The molecule has 1 aromatic rings. The minimum absolute atomic E-state index is 0.196. The SMILES string of the molecule is CC(C)(C)c1ccc(B(O)O)c(F)n1. The Kier molecular flexibility index (Phi) is 2.92. The summed E-state index contributed by atoms with van der Waals surface area (Å²) in [5.41, 5.74) is 0.136. The van der Waals surface area contributed by atoms with E-state index < -0.39 is 13.1 Å². The van der Waals surface area contributed by atoms with Gasteiger partial charge in [-0.1, -0.05) is 26.8 Å². The zero-order chi connectivity index (χ0) is 10.9. The van der Waals surface area contributed by atoms with Gasteiger partial charge in [-0.15, -0.1) is 0 Å². The Balaban J connectivity index is 3.13. The maximum absolute atomic E-state index is 13.2. The quantitative estimate of drug-likeness (QED) is 0.499. The molecule has 0 saturated heterocycles. The number of hydrogen-bond donors (Lipinski definition) is 2. The van der Waals surface area contributed by atoms with Crippen LogP contribution in [0.25, 0.3) is 0 Å². The Labute approximate surface area is 82.8 Å². The molecule has 14 heavy (non-hydrogen) atoms. The van der Waals surface area contributed by atoms with E-state index in [0.29, 0.717) is 5.69 Å². The third kappa shape index (κ3) is 2.30. The van der Waals surface area contributed by atoms with Gasteiger partial charge in [0, 0.05) is 16.6 Å². The molecule has 0 atom stereocenters. The van der Waals surface area contributed by atoms with Gasteiger partial charge < -0.3 is 10.0 Å². The van der Waals surface area contributed by atoms with Crippen molar-refractivity contribution in [3.8, 4) is 0 Å². The maximum Gasteiger partial charge on any atom is 0.493 e. The second kappa shape index (κ2) is 3.67. The summed E-state index contributed by atoms with van der Waals surface area (Å²) in [5.74, 6) is -0.826. The van der Waals surface area contributed by atoms with E-state index >= 15 is 0 Å². The minimum atomic E-state index is -1.81. The van der Waals surface area contributed by atoms with Crippen molar-refractivity contribution in [2.24, 2.45) is 0 Å². The number of hydrogen-bond acceptors (Lipinski definition) is 3. The van der Waals surface area contributed by atoms with E-state index in [-0.39, 0.29) is 10.9 Å². The first kappa shape index (κ1) is 11.1. The van der Waals surface area contributed by atoms with Crippen LogP contribution in [0.5, 0.6) is 0 Å². The van der Waals surface area contributed by atoms with E-state index in [0.717, 1.165) is 0 Å². The molecule has 0 radical (unpaired) electrons. The highest BCUT2D eigenvalue weighted by molar-refractivity contribution is 6.58. The standard InChI is InChI=1S/C9H13BFNO2/c1-9(2,3)7-5-4-6(10(13)14)8(11)12-7/h4-5,13-14H,1-3H3. The van der Waals surface area contributed by atoms with Crippen molar-refractivity contribution in [3.05, 3.63) is 23.8 Å². The third-order valence-electron chi connectivity index (χ3n) is 1.92. The summed E-state index contributed by atoms with van der Waals surface area (Å²) >= 11 is 0. The van der Waals surface area contributed by atoms with Gasteiger partial charge in [0.05, 0.1) is 0 Å². The van der Waals surface area contributed by atoms with Gasteiger partial charge in [-0.2, -0.15) is 4.39 Å². The molecule has 0 spiro atoms. The average molecular weight is 197 g/mol. The van der Waals surface area contributed by atoms with E-state index in [1.807, 2.05) is 20.8 Å². The molecule has 0 saturated carbocycles. The number of pyridine rings is 1. The average Bonchev–Trinajstić information content (AvgIpc) is 2.01. The van der Waals surface area contributed by atoms with Gasteiger partial charge in [0.1, 0.15) is 0 Å². The third-order valence-corrected chi connectivity index (χ3v) is 1.92. The molecule has 76 valence electrons. The number of halogens is 1. The van der Waals surface area contributed by atoms with Gasteiger partial charge in [-0.05, 0) is 6.07 Å². The monoisotopic (exact) mass is 197 g/mol. The van der Waals surface area contributed by atoms with E-state index in [9.17, 15) is 4.39 Å². The van der Waals surface area contributed by atoms with Crippen molar-refractivity contribution in [2.45, 2.75) is 26.2 Å². The van der Waals surface area contributed by atoms with Gasteiger partial charge in [0.25, 0.3) is 0 Å². The molecule has 1 rings (SSSR count). The van der Waals surface area contributed by atoms with E-state index in [4.69, 9.17) is 10.0 Å². The fourth-order valence-electron chi connectivity index (χ4n) is 1.06. The van der Waals surface area contributed by atoms with Crippen LogP contribution >= 0.6 is 0 Å². The predicted octanol–water partition coefficient (Wildman–Crippen LogP) is 0.198. The smallest absolute Gasteiger partial charge is 0.423 e. The Morgan fingerprint density at radius 3 is 2.21 bits per heavy atom. The van der Waals surface area contributed by atoms with Crippen LogP contribution in [0.15, 0.2) is 12.1 Å². The number of rotatable bonds is 1. The molecule has 0 aliphatic rings. The molecule has 0 amide bonds. The summed E-state index contributed by atoms with van der Waals surface area (Å²) in [4.78, 5) is 3.68. The Morgan fingerprint density at radius 1 is 1.29 bits per heavy atom. The Hall–Kier alpha value is -0.935. The van der Waals surface area contributed by atoms with Crippen molar-refractivity contribution in [1.29, 1.82) is 0 Å². The van der Waals surface area contributed by atoms with Crippen molar-refractivity contribution in [3.63, 3.8) is 0 Å².